The molecule has 1 heterocycles. The van der Waals surface area contributed by atoms with Gasteiger partial charge in [0.2, 0.25) is 0 Å². The van der Waals surface area contributed by atoms with Crippen LogP contribution in [0.2, 0.25) is 0 Å². The Morgan fingerprint density at radius 1 is 1.50 bits per heavy atom. The van der Waals surface area contributed by atoms with Gasteiger partial charge in [-0.25, -0.2) is 0 Å². The number of carboxylic acids is 1. The molecule has 0 radical (unpaired) electrons. The third-order valence-corrected chi connectivity index (χ3v) is 3.45. The quantitative estimate of drug-likeness (QED) is 0.683. The van der Waals surface area contributed by atoms with E-state index in [4.69, 9.17) is 5.11 Å². The Hall–Kier alpha value is -0.570. The van der Waals surface area contributed by atoms with Crippen molar-refractivity contribution in [1.29, 1.82) is 0 Å². The lowest BCUT2D eigenvalue weighted by Crippen LogP contribution is -2.49. The zero-order chi connectivity index (χ0) is 8.77. The number of carbonyl (C=O) groups is 1. The van der Waals surface area contributed by atoms with Gasteiger partial charge in [0.15, 0.2) is 0 Å². The third-order valence-electron chi connectivity index (χ3n) is 3.45. The summed E-state index contributed by atoms with van der Waals surface area (Å²) in [6.07, 6.45) is 2.99. The predicted molar refractivity (Wildman–Crippen MR) is 45.0 cm³/mol. The van der Waals surface area contributed by atoms with Crippen LogP contribution in [0.5, 0.6) is 0 Å². The van der Waals surface area contributed by atoms with Crippen molar-refractivity contribution >= 4 is 5.97 Å². The molecular weight excluding hydrogens is 154 g/mol. The van der Waals surface area contributed by atoms with Crippen LogP contribution in [0.4, 0.5) is 0 Å². The Morgan fingerprint density at radius 3 is 2.33 bits per heavy atom. The van der Waals surface area contributed by atoms with Crippen LogP contribution >= 0.6 is 0 Å². The molecule has 1 saturated heterocycles. The smallest absolute Gasteiger partial charge is 0.311 e. The largest absolute Gasteiger partial charge is 0.481 e. The lowest BCUT2D eigenvalue weighted by atomic mass is 9.94. The summed E-state index contributed by atoms with van der Waals surface area (Å²) in [5.41, 5.74) is -0.375. The molecule has 0 aromatic heterocycles. The van der Waals surface area contributed by atoms with Crippen LogP contribution in [-0.2, 0) is 4.79 Å². The molecule has 1 aliphatic carbocycles. The molecule has 2 rings (SSSR count). The first-order chi connectivity index (χ1) is 5.67. The van der Waals surface area contributed by atoms with Crippen LogP contribution in [0, 0.1) is 5.41 Å². The first-order valence-corrected chi connectivity index (χ1v) is 4.64. The van der Waals surface area contributed by atoms with Crippen molar-refractivity contribution in [3.63, 3.8) is 0 Å². The molecule has 2 aliphatic rings. The minimum Gasteiger partial charge on any atom is -0.481 e. The zero-order valence-electron chi connectivity index (χ0n) is 7.42. The first-order valence-electron chi connectivity index (χ1n) is 4.64. The summed E-state index contributed by atoms with van der Waals surface area (Å²) >= 11 is 0. The molecule has 1 N–H and O–H groups in total. The van der Waals surface area contributed by atoms with Crippen molar-refractivity contribution in [1.82, 2.24) is 4.90 Å². The van der Waals surface area contributed by atoms with Crippen LogP contribution in [0.1, 0.15) is 26.2 Å². The SMILES string of the molecule is CC(N1CCC1)C1(C(=O)O)CC1. The van der Waals surface area contributed by atoms with Crippen LogP contribution in [0.15, 0.2) is 0 Å². The van der Waals surface area contributed by atoms with Gasteiger partial charge in [-0.15, -0.1) is 0 Å². The number of nitrogens with zero attached hydrogens (tertiary/aromatic N) is 1. The molecule has 1 aliphatic heterocycles. The van der Waals surface area contributed by atoms with E-state index in [-0.39, 0.29) is 11.5 Å². The maximum atomic E-state index is 10.9. The summed E-state index contributed by atoms with van der Waals surface area (Å²) in [4.78, 5) is 13.2. The molecule has 0 aromatic carbocycles. The fourth-order valence-electron chi connectivity index (χ4n) is 2.02. The topological polar surface area (TPSA) is 40.5 Å². The fraction of sp³-hybridized carbons (Fsp3) is 0.889. The number of rotatable bonds is 3. The van der Waals surface area contributed by atoms with E-state index in [1.807, 2.05) is 0 Å². The average Bonchev–Trinajstić information content (AvgIpc) is 2.60. The van der Waals surface area contributed by atoms with Gasteiger partial charge in [0, 0.05) is 6.04 Å². The average molecular weight is 169 g/mol. The molecule has 68 valence electrons. The highest BCUT2D eigenvalue weighted by Crippen LogP contribution is 2.51. The van der Waals surface area contributed by atoms with Crippen LogP contribution in [-0.4, -0.2) is 35.1 Å². The molecule has 0 spiro atoms. The van der Waals surface area contributed by atoms with E-state index in [1.54, 1.807) is 0 Å². The Morgan fingerprint density at radius 2 is 2.08 bits per heavy atom. The maximum absolute atomic E-state index is 10.9. The molecule has 1 saturated carbocycles. The highest BCUT2D eigenvalue weighted by atomic mass is 16.4. The van der Waals surface area contributed by atoms with Crippen molar-refractivity contribution in [2.24, 2.45) is 5.41 Å². The maximum Gasteiger partial charge on any atom is 0.311 e. The van der Waals surface area contributed by atoms with Gasteiger partial charge in [-0.05, 0) is 39.3 Å². The van der Waals surface area contributed by atoms with Gasteiger partial charge >= 0.3 is 5.97 Å². The summed E-state index contributed by atoms with van der Waals surface area (Å²) in [5.74, 6) is -0.595. The van der Waals surface area contributed by atoms with E-state index >= 15 is 0 Å². The molecule has 3 nitrogen and oxygen atoms in total. The number of hydrogen-bond donors (Lipinski definition) is 1. The Balaban J connectivity index is 2.02. The van der Waals surface area contributed by atoms with E-state index in [0.717, 1.165) is 25.9 Å². The van der Waals surface area contributed by atoms with Gasteiger partial charge in [0.1, 0.15) is 0 Å². The minimum absolute atomic E-state index is 0.253. The number of carboxylic acid groups (broad SMARTS) is 1. The molecule has 0 bridgehead atoms. The number of aliphatic carboxylic acids is 1. The Labute approximate surface area is 72.4 Å². The highest BCUT2D eigenvalue weighted by Gasteiger charge is 2.56. The van der Waals surface area contributed by atoms with Gasteiger partial charge in [0.25, 0.3) is 0 Å². The minimum atomic E-state index is -0.595. The molecule has 3 heteroatoms. The third kappa shape index (κ3) is 0.959. The molecular formula is C9H15NO2. The van der Waals surface area contributed by atoms with E-state index in [1.165, 1.54) is 6.42 Å². The second kappa shape index (κ2) is 2.46. The van der Waals surface area contributed by atoms with Crippen molar-refractivity contribution < 1.29 is 9.90 Å². The van der Waals surface area contributed by atoms with Gasteiger partial charge in [-0.3, -0.25) is 9.69 Å². The van der Waals surface area contributed by atoms with Gasteiger partial charge in [-0.1, -0.05) is 0 Å². The van der Waals surface area contributed by atoms with Gasteiger partial charge in [0.05, 0.1) is 5.41 Å². The van der Waals surface area contributed by atoms with E-state index in [9.17, 15) is 4.79 Å². The number of likely N-dealkylation sites (tertiary alicyclic amines) is 1. The van der Waals surface area contributed by atoms with E-state index in [0.29, 0.717) is 0 Å². The summed E-state index contributed by atoms with van der Waals surface area (Å²) in [5, 5.41) is 9.02. The molecule has 1 unspecified atom stereocenters. The summed E-state index contributed by atoms with van der Waals surface area (Å²) in [7, 11) is 0. The lowest BCUT2D eigenvalue weighted by Gasteiger charge is -2.39. The van der Waals surface area contributed by atoms with Crippen LogP contribution < -0.4 is 0 Å². The Bertz CT molecular complexity index is 207. The van der Waals surface area contributed by atoms with Crippen molar-refractivity contribution in [2.75, 3.05) is 13.1 Å². The molecule has 0 amide bonds. The number of hydrogen-bond acceptors (Lipinski definition) is 2. The standard InChI is InChI=1S/C9H15NO2/c1-7(10-5-2-6-10)9(3-4-9)8(11)12/h7H,2-6H2,1H3,(H,11,12). The van der Waals surface area contributed by atoms with Crippen molar-refractivity contribution in [2.45, 2.75) is 32.2 Å². The zero-order valence-corrected chi connectivity index (χ0v) is 7.42. The lowest BCUT2D eigenvalue weighted by molar-refractivity contribution is -0.146. The second-order valence-electron chi connectivity index (χ2n) is 4.03. The van der Waals surface area contributed by atoms with Crippen molar-refractivity contribution in [3.05, 3.63) is 0 Å². The summed E-state index contributed by atoms with van der Waals surface area (Å²) in [6.45, 7) is 4.24. The Kier molecular flexibility index (Phi) is 1.65. The normalized spacial score (nSPS) is 29.1. The monoisotopic (exact) mass is 169 g/mol. The van der Waals surface area contributed by atoms with Crippen LogP contribution in [0.25, 0.3) is 0 Å². The first kappa shape index (κ1) is 8.05. The van der Waals surface area contributed by atoms with E-state index < -0.39 is 5.97 Å². The second-order valence-corrected chi connectivity index (χ2v) is 4.03. The van der Waals surface area contributed by atoms with Crippen molar-refractivity contribution in [3.8, 4) is 0 Å². The highest BCUT2D eigenvalue weighted by molar-refractivity contribution is 5.78. The fourth-order valence-corrected chi connectivity index (χ4v) is 2.02. The molecule has 0 aromatic rings. The predicted octanol–water partition coefficient (Wildman–Crippen LogP) is 0.945. The summed E-state index contributed by atoms with van der Waals surface area (Å²) in [6, 6.07) is 0.253. The molecule has 12 heavy (non-hydrogen) atoms. The summed E-state index contributed by atoms with van der Waals surface area (Å²) < 4.78 is 0. The molecule has 1 atom stereocenters. The van der Waals surface area contributed by atoms with Crippen LogP contribution in [0.3, 0.4) is 0 Å². The van der Waals surface area contributed by atoms with Gasteiger partial charge in [-0.2, -0.15) is 0 Å². The molecule has 2 fully saturated rings. The van der Waals surface area contributed by atoms with E-state index in [2.05, 4.69) is 11.8 Å². The van der Waals surface area contributed by atoms with Gasteiger partial charge < -0.3 is 5.11 Å².